The number of benzene rings is 3. The maximum atomic E-state index is 14.2. The lowest BCUT2D eigenvalue weighted by molar-refractivity contribution is -0.134. The van der Waals surface area contributed by atoms with Crippen LogP contribution in [0.4, 0.5) is 4.39 Å². The number of carbonyl (C=O) groups is 3. The number of ketones is 3. The van der Waals surface area contributed by atoms with E-state index in [-0.39, 0.29) is 12.2 Å². The van der Waals surface area contributed by atoms with Gasteiger partial charge in [0.1, 0.15) is 11.6 Å². The van der Waals surface area contributed by atoms with Crippen LogP contribution in [-0.4, -0.2) is 28.1 Å². The van der Waals surface area contributed by atoms with Crippen LogP contribution in [0.1, 0.15) is 45.5 Å². The highest BCUT2D eigenvalue weighted by molar-refractivity contribution is 6.13. The Morgan fingerprint density at radius 1 is 0.875 bits per heavy atom. The predicted octanol–water partition coefficient (Wildman–Crippen LogP) is 4.63. The molecule has 4 atom stereocenters. The van der Waals surface area contributed by atoms with Crippen LogP contribution in [0.5, 0.6) is 0 Å². The standard InChI is InChI=1S/C27H23FO4/c1-27(32)16-21(29)23(25(30)17-9-4-2-5-10-17)22(19-13-8-14-20(28)15-19)24(27)26(31)18-11-6-3-7-12-18/h2-15,22-24,32H,16H2,1H3/t22-,23+,24+,27-/m0/s1. The van der Waals surface area contributed by atoms with Gasteiger partial charge in [-0.25, -0.2) is 4.39 Å². The average molecular weight is 430 g/mol. The molecule has 1 N–H and O–H groups in total. The predicted molar refractivity (Wildman–Crippen MR) is 118 cm³/mol. The monoisotopic (exact) mass is 430 g/mol. The van der Waals surface area contributed by atoms with Crippen LogP contribution in [-0.2, 0) is 4.79 Å². The quantitative estimate of drug-likeness (QED) is 0.473. The lowest BCUT2D eigenvalue weighted by Gasteiger charge is -2.45. The largest absolute Gasteiger partial charge is 0.389 e. The first kappa shape index (κ1) is 21.8. The van der Waals surface area contributed by atoms with Crippen LogP contribution in [0.3, 0.4) is 0 Å². The molecule has 0 amide bonds. The van der Waals surface area contributed by atoms with E-state index in [1.165, 1.54) is 25.1 Å². The van der Waals surface area contributed by atoms with E-state index in [2.05, 4.69) is 0 Å². The molecule has 4 rings (SSSR count). The molecule has 4 nitrogen and oxygen atoms in total. The Bertz CT molecular complexity index is 1150. The van der Waals surface area contributed by atoms with Crippen LogP contribution >= 0.6 is 0 Å². The molecule has 162 valence electrons. The van der Waals surface area contributed by atoms with Gasteiger partial charge in [-0.3, -0.25) is 14.4 Å². The number of Topliss-reactive ketones (excluding diaryl/α,β-unsaturated/α-hetero) is 3. The summed E-state index contributed by atoms with van der Waals surface area (Å²) < 4.78 is 14.2. The fourth-order valence-corrected chi connectivity index (χ4v) is 4.77. The summed E-state index contributed by atoms with van der Waals surface area (Å²) in [6.45, 7) is 1.44. The van der Waals surface area contributed by atoms with Crippen molar-refractivity contribution in [2.24, 2.45) is 11.8 Å². The fourth-order valence-electron chi connectivity index (χ4n) is 4.77. The van der Waals surface area contributed by atoms with Crippen LogP contribution in [0.15, 0.2) is 84.9 Å². The number of rotatable bonds is 5. The molecule has 0 aromatic heterocycles. The second kappa shape index (κ2) is 8.60. The molecule has 3 aromatic rings. The van der Waals surface area contributed by atoms with Gasteiger partial charge >= 0.3 is 0 Å². The summed E-state index contributed by atoms with van der Waals surface area (Å²) in [5.41, 5.74) is -0.671. The van der Waals surface area contributed by atoms with Crippen LogP contribution < -0.4 is 0 Å². The van der Waals surface area contributed by atoms with Gasteiger partial charge in [-0.2, -0.15) is 0 Å². The first-order chi connectivity index (χ1) is 15.3. The molecule has 5 heteroatoms. The molecular formula is C27H23FO4. The summed E-state index contributed by atoms with van der Waals surface area (Å²) in [5, 5.41) is 11.3. The number of hydrogen-bond donors (Lipinski definition) is 1. The third-order valence-electron chi connectivity index (χ3n) is 6.18. The number of carbonyl (C=O) groups excluding carboxylic acids is 3. The van der Waals surface area contributed by atoms with Gasteiger partial charge in [-0.1, -0.05) is 72.8 Å². The zero-order valence-corrected chi connectivity index (χ0v) is 17.6. The molecule has 0 aliphatic heterocycles. The van der Waals surface area contributed by atoms with E-state index in [9.17, 15) is 23.9 Å². The van der Waals surface area contributed by atoms with Crippen molar-refractivity contribution in [2.45, 2.75) is 24.9 Å². The molecule has 0 unspecified atom stereocenters. The lowest BCUT2D eigenvalue weighted by atomic mass is 9.58. The molecule has 0 bridgehead atoms. The summed E-state index contributed by atoms with van der Waals surface area (Å²) in [6.07, 6.45) is -0.342. The molecule has 1 fully saturated rings. The molecule has 1 aliphatic rings. The van der Waals surface area contributed by atoms with Crippen molar-refractivity contribution < 1.29 is 23.9 Å². The van der Waals surface area contributed by atoms with Gasteiger partial charge in [0.2, 0.25) is 0 Å². The maximum Gasteiger partial charge on any atom is 0.173 e. The topological polar surface area (TPSA) is 71.4 Å². The minimum absolute atomic E-state index is 0.333. The van der Waals surface area contributed by atoms with E-state index in [1.807, 2.05) is 0 Å². The number of halogens is 1. The highest BCUT2D eigenvalue weighted by Crippen LogP contribution is 2.48. The highest BCUT2D eigenvalue weighted by Gasteiger charge is 2.55. The van der Waals surface area contributed by atoms with Gasteiger partial charge in [0, 0.05) is 23.5 Å². The highest BCUT2D eigenvalue weighted by atomic mass is 19.1. The molecule has 0 heterocycles. The maximum absolute atomic E-state index is 14.2. The molecule has 32 heavy (non-hydrogen) atoms. The Morgan fingerprint density at radius 3 is 2.00 bits per heavy atom. The molecule has 0 saturated heterocycles. The second-order valence-electron chi connectivity index (χ2n) is 8.50. The molecule has 0 spiro atoms. The van der Waals surface area contributed by atoms with E-state index in [1.54, 1.807) is 66.7 Å². The fraction of sp³-hybridized carbons (Fsp3) is 0.222. The molecular weight excluding hydrogens is 407 g/mol. The van der Waals surface area contributed by atoms with Gasteiger partial charge in [-0.05, 0) is 24.6 Å². The first-order valence-electron chi connectivity index (χ1n) is 10.5. The molecule has 1 saturated carbocycles. The van der Waals surface area contributed by atoms with E-state index < -0.39 is 40.7 Å². The van der Waals surface area contributed by atoms with Gasteiger partial charge in [0.05, 0.1) is 17.4 Å². The number of hydrogen-bond acceptors (Lipinski definition) is 4. The van der Waals surface area contributed by atoms with E-state index >= 15 is 0 Å². The summed E-state index contributed by atoms with van der Waals surface area (Å²) >= 11 is 0. The van der Waals surface area contributed by atoms with E-state index in [4.69, 9.17) is 0 Å². The Kier molecular flexibility index (Phi) is 5.85. The first-order valence-corrected chi connectivity index (χ1v) is 10.5. The van der Waals surface area contributed by atoms with E-state index in [0.717, 1.165) is 0 Å². The summed E-state index contributed by atoms with van der Waals surface area (Å²) in [6, 6.07) is 22.4. The van der Waals surface area contributed by atoms with Crippen LogP contribution in [0.2, 0.25) is 0 Å². The SMILES string of the molecule is C[C@]1(O)CC(=O)[C@@H](C(=O)c2ccccc2)[C@H](c2cccc(F)c2)[C@@H]1C(=O)c1ccccc1. The Hall–Kier alpha value is -3.44. The van der Waals surface area contributed by atoms with Gasteiger partial charge in [-0.15, -0.1) is 0 Å². The molecule has 0 radical (unpaired) electrons. The van der Waals surface area contributed by atoms with Crippen molar-refractivity contribution in [3.63, 3.8) is 0 Å². The molecule has 1 aliphatic carbocycles. The molecule has 3 aromatic carbocycles. The number of aliphatic hydroxyl groups is 1. The van der Waals surface area contributed by atoms with Crippen molar-refractivity contribution in [2.75, 3.05) is 0 Å². The van der Waals surface area contributed by atoms with Crippen molar-refractivity contribution in [3.8, 4) is 0 Å². The lowest BCUT2D eigenvalue weighted by Crippen LogP contribution is -2.54. The second-order valence-corrected chi connectivity index (χ2v) is 8.50. The third kappa shape index (κ3) is 4.04. The zero-order chi connectivity index (χ0) is 22.9. The smallest absolute Gasteiger partial charge is 0.173 e. The van der Waals surface area contributed by atoms with Gasteiger partial charge in [0.15, 0.2) is 11.6 Å². The summed E-state index contributed by atoms with van der Waals surface area (Å²) in [4.78, 5) is 40.3. The van der Waals surface area contributed by atoms with Gasteiger partial charge in [0.25, 0.3) is 0 Å². The minimum Gasteiger partial charge on any atom is -0.389 e. The van der Waals surface area contributed by atoms with Crippen molar-refractivity contribution in [3.05, 3.63) is 107 Å². The summed E-state index contributed by atoms with van der Waals surface area (Å²) in [7, 11) is 0. The Labute approximate surface area is 185 Å². The Morgan fingerprint density at radius 2 is 1.44 bits per heavy atom. The van der Waals surface area contributed by atoms with Crippen LogP contribution in [0, 0.1) is 17.7 Å². The minimum atomic E-state index is -1.70. The Balaban J connectivity index is 1.90. The van der Waals surface area contributed by atoms with Crippen LogP contribution in [0.25, 0.3) is 0 Å². The average Bonchev–Trinajstić information content (AvgIpc) is 2.78. The normalized spacial score (nSPS) is 25.3. The van der Waals surface area contributed by atoms with Gasteiger partial charge < -0.3 is 5.11 Å². The third-order valence-corrected chi connectivity index (χ3v) is 6.18. The van der Waals surface area contributed by atoms with Crippen molar-refractivity contribution in [1.29, 1.82) is 0 Å². The zero-order valence-electron chi connectivity index (χ0n) is 17.6. The van der Waals surface area contributed by atoms with Crippen molar-refractivity contribution in [1.82, 2.24) is 0 Å². The summed E-state index contributed by atoms with van der Waals surface area (Å²) in [5.74, 6) is -5.16. The van der Waals surface area contributed by atoms with E-state index in [0.29, 0.717) is 16.7 Å². The van der Waals surface area contributed by atoms with Crippen molar-refractivity contribution >= 4 is 17.3 Å².